The fourth-order valence-corrected chi connectivity index (χ4v) is 3.63. The molecule has 1 aliphatic carbocycles. The monoisotopic (exact) mass is 353 g/mol. The first kappa shape index (κ1) is 18.6. The summed E-state index contributed by atoms with van der Waals surface area (Å²) in [5.74, 6) is -0.254. The van der Waals surface area contributed by atoms with E-state index in [1.54, 1.807) is 6.07 Å². The molecule has 1 aromatic rings. The molecule has 2 rings (SSSR count). The van der Waals surface area contributed by atoms with Crippen molar-refractivity contribution in [1.29, 1.82) is 0 Å². The number of rotatable bonds is 8. The second kappa shape index (κ2) is 7.42. The number of hydrogen-bond donors (Lipinski definition) is 1. The number of aryl methyl sites for hydroxylation is 1. The van der Waals surface area contributed by atoms with Crippen LogP contribution in [0.25, 0.3) is 0 Å². The Labute approximate surface area is 144 Å². The predicted molar refractivity (Wildman–Crippen MR) is 98.1 cm³/mol. The predicted octanol–water partition coefficient (Wildman–Crippen LogP) is 1.89. The Hall–Kier alpha value is -1.76. The van der Waals surface area contributed by atoms with Crippen molar-refractivity contribution in [2.45, 2.75) is 39.7 Å². The van der Waals surface area contributed by atoms with Gasteiger partial charge in [0.2, 0.25) is 15.9 Å². The van der Waals surface area contributed by atoms with E-state index in [0.717, 1.165) is 43.4 Å². The summed E-state index contributed by atoms with van der Waals surface area (Å²) in [6.07, 6.45) is 3.08. The highest BCUT2D eigenvalue weighted by atomic mass is 32.2. The normalized spacial score (nSPS) is 14.3. The molecule has 0 heterocycles. The lowest BCUT2D eigenvalue weighted by Crippen LogP contribution is -2.41. The van der Waals surface area contributed by atoms with E-state index in [9.17, 15) is 13.2 Å². The first-order chi connectivity index (χ1) is 11.3. The van der Waals surface area contributed by atoms with Crippen LogP contribution in [0.2, 0.25) is 0 Å². The zero-order valence-electron chi connectivity index (χ0n) is 14.9. The minimum atomic E-state index is -3.54. The van der Waals surface area contributed by atoms with E-state index >= 15 is 0 Å². The molecule has 1 saturated carbocycles. The number of anilines is 2. The van der Waals surface area contributed by atoms with Crippen molar-refractivity contribution in [2.75, 3.05) is 35.1 Å². The van der Waals surface area contributed by atoms with Gasteiger partial charge in [-0.25, -0.2) is 8.42 Å². The molecule has 1 aromatic carbocycles. The van der Waals surface area contributed by atoms with E-state index in [1.165, 1.54) is 4.31 Å². The van der Waals surface area contributed by atoms with Crippen LogP contribution < -0.4 is 14.5 Å². The molecule has 0 saturated heterocycles. The number of sulfonamides is 1. The van der Waals surface area contributed by atoms with Crippen molar-refractivity contribution in [3.05, 3.63) is 23.8 Å². The van der Waals surface area contributed by atoms with Crippen LogP contribution in [0.15, 0.2) is 18.2 Å². The third kappa shape index (κ3) is 4.63. The summed E-state index contributed by atoms with van der Waals surface area (Å²) in [6, 6.07) is 5.88. The van der Waals surface area contributed by atoms with E-state index in [4.69, 9.17) is 0 Å². The maximum Gasteiger partial charge on any atom is 0.240 e. The molecule has 7 heteroatoms. The topological polar surface area (TPSA) is 69.7 Å². The highest BCUT2D eigenvalue weighted by molar-refractivity contribution is 7.92. The van der Waals surface area contributed by atoms with Gasteiger partial charge in [0.05, 0.1) is 11.9 Å². The van der Waals surface area contributed by atoms with Crippen molar-refractivity contribution in [2.24, 2.45) is 0 Å². The molecule has 0 bridgehead atoms. The summed E-state index contributed by atoms with van der Waals surface area (Å²) >= 11 is 0. The lowest BCUT2D eigenvalue weighted by Gasteiger charge is -2.26. The van der Waals surface area contributed by atoms with Crippen LogP contribution >= 0.6 is 0 Å². The molecular weight excluding hydrogens is 326 g/mol. The first-order valence-electron chi connectivity index (χ1n) is 8.39. The molecule has 1 aliphatic rings. The minimum absolute atomic E-state index is 0.180. The maximum atomic E-state index is 12.2. The van der Waals surface area contributed by atoms with E-state index in [1.807, 2.05) is 19.1 Å². The summed E-state index contributed by atoms with van der Waals surface area (Å²) in [7, 11) is -3.54. The fourth-order valence-electron chi connectivity index (χ4n) is 2.72. The second-order valence-corrected chi connectivity index (χ2v) is 8.16. The van der Waals surface area contributed by atoms with Gasteiger partial charge in [0.25, 0.3) is 0 Å². The van der Waals surface area contributed by atoms with Gasteiger partial charge < -0.3 is 10.2 Å². The van der Waals surface area contributed by atoms with Crippen LogP contribution in [0.4, 0.5) is 11.4 Å². The number of carbonyl (C=O) groups excluding carboxylic acids is 1. The maximum absolute atomic E-state index is 12.2. The average Bonchev–Trinajstić information content (AvgIpc) is 3.29. The van der Waals surface area contributed by atoms with E-state index < -0.39 is 10.0 Å². The van der Waals surface area contributed by atoms with E-state index in [-0.39, 0.29) is 18.5 Å². The standard InChI is InChI=1S/C17H27N3O3S/c1-5-19(6-2)15-9-10-16(13(3)11-15)20(24(4,22)23)12-17(21)18-14-7-8-14/h9-11,14H,5-8,12H2,1-4H3,(H,18,21). The zero-order valence-corrected chi connectivity index (χ0v) is 15.7. The highest BCUT2D eigenvalue weighted by Gasteiger charge is 2.27. The van der Waals surface area contributed by atoms with Crippen LogP contribution in [0.1, 0.15) is 32.3 Å². The Morgan fingerprint density at radius 3 is 2.33 bits per heavy atom. The summed E-state index contributed by atoms with van der Waals surface area (Å²) in [5.41, 5.74) is 2.44. The third-order valence-electron chi connectivity index (χ3n) is 4.21. The van der Waals surface area contributed by atoms with Gasteiger partial charge in [0, 0.05) is 24.8 Å². The molecule has 1 N–H and O–H groups in total. The molecular formula is C17H27N3O3S. The highest BCUT2D eigenvalue weighted by Crippen LogP contribution is 2.27. The summed E-state index contributed by atoms with van der Waals surface area (Å²) < 4.78 is 25.6. The Morgan fingerprint density at radius 2 is 1.88 bits per heavy atom. The summed E-state index contributed by atoms with van der Waals surface area (Å²) in [6.45, 7) is 7.62. The van der Waals surface area contributed by atoms with Crippen LogP contribution in [-0.4, -0.2) is 46.3 Å². The van der Waals surface area contributed by atoms with Crippen LogP contribution in [0.3, 0.4) is 0 Å². The number of nitrogens with one attached hydrogen (secondary N) is 1. The van der Waals surface area contributed by atoms with Gasteiger partial charge in [-0.3, -0.25) is 9.10 Å². The molecule has 0 unspecified atom stereocenters. The van der Waals surface area contributed by atoms with Gasteiger partial charge >= 0.3 is 0 Å². The number of hydrogen-bond acceptors (Lipinski definition) is 4. The SMILES string of the molecule is CCN(CC)c1ccc(N(CC(=O)NC2CC2)S(C)(=O)=O)c(C)c1. The third-order valence-corrected chi connectivity index (χ3v) is 5.33. The largest absolute Gasteiger partial charge is 0.372 e. The van der Waals surface area contributed by atoms with Crippen molar-refractivity contribution >= 4 is 27.3 Å². The van der Waals surface area contributed by atoms with Gasteiger partial charge in [-0.05, 0) is 57.4 Å². The van der Waals surface area contributed by atoms with E-state index in [2.05, 4.69) is 24.1 Å². The molecule has 1 fully saturated rings. The number of nitrogens with zero attached hydrogens (tertiary/aromatic N) is 2. The molecule has 0 aliphatic heterocycles. The Bertz CT molecular complexity index is 695. The number of benzene rings is 1. The average molecular weight is 353 g/mol. The van der Waals surface area contributed by atoms with Crippen molar-refractivity contribution in [1.82, 2.24) is 5.32 Å². The fraction of sp³-hybridized carbons (Fsp3) is 0.588. The smallest absolute Gasteiger partial charge is 0.240 e. The quantitative estimate of drug-likeness (QED) is 0.775. The van der Waals surface area contributed by atoms with Crippen molar-refractivity contribution in [3.63, 3.8) is 0 Å². The first-order valence-corrected chi connectivity index (χ1v) is 10.2. The minimum Gasteiger partial charge on any atom is -0.372 e. The zero-order chi connectivity index (χ0) is 17.9. The number of amides is 1. The summed E-state index contributed by atoms with van der Waals surface area (Å²) in [4.78, 5) is 14.3. The Morgan fingerprint density at radius 1 is 1.25 bits per heavy atom. The summed E-state index contributed by atoms with van der Waals surface area (Å²) in [5, 5.41) is 2.84. The molecule has 0 spiro atoms. The lowest BCUT2D eigenvalue weighted by atomic mass is 10.1. The van der Waals surface area contributed by atoms with Crippen LogP contribution in [-0.2, 0) is 14.8 Å². The van der Waals surface area contributed by atoms with Gasteiger partial charge in [0.15, 0.2) is 0 Å². The van der Waals surface area contributed by atoms with Gasteiger partial charge in [-0.1, -0.05) is 0 Å². The lowest BCUT2D eigenvalue weighted by molar-refractivity contribution is -0.119. The molecule has 0 aromatic heterocycles. The molecule has 6 nitrogen and oxygen atoms in total. The Balaban J connectivity index is 2.27. The van der Waals surface area contributed by atoms with Gasteiger partial charge in [0.1, 0.15) is 6.54 Å². The Kier molecular flexibility index (Phi) is 5.74. The van der Waals surface area contributed by atoms with Crippen molar-refractivity contribution in [3.8, 4) is 0 Å². The van der Waals surface area contributed by atoms with Crippen LogP contribution in [0, 0.1) is 6.92 Å². The van der Waals surface area contributed by atoms with Crippen molar-refractivity contribution < 1.29 is 13.2 Å². The molecule has 0 atom stereocenters. The molecule has 0 radical (unpaired) electrons. The van der Waals surface area contributed by atoms with Gasteiger partial charge in [-0.2, -0.15) is 0 Å². The van der Waals surface area contributed by atoms with Crippen LogP contribution in [0.5, 0.6) is 0 Å². The molecule has 134 valence electrons. The van der Waals surface area contributed by atoms with Gasteiger partial charge in [-0.15, -0.1) is 0 Å². The number of carbonyl (C=O) groups is 1. The molecule has 1 amide bonds. The van der Waals surface area contributed by atoms with E-state index in [0.29, 0.717) is 5.69 Å². The molecule has 24 heavy (non-hydrogen) atoms. The second-order valence-electron chi connectivity index (χ2n) is 6.25.